The van der Waals surface area contributed by atoms with E-state index in [4.69, 9.17) is 31.5 Å². The van der Waals surface area contributed by atoms with Gasteiger partial charge in [0, 0.05) is 0 Å². The Morgan fingerprint density at radius 3 is 1.64 bits per heavy atom. The van der Waals surface area contributed by atoms with Gasteiger partial charge in [-0.05, 0) is 13.8 Å². The summed E-state index contributed by atoms with van der Waals surface area (Å²) in [5.41, 5.74) is -1.08. The van der Waals surface area contributed by atoms with E-state index < -0.39 is 145 Å². The van der Waals surface area contributed by atoms with Gasteiger partial charge in [0.1, 0.15) is 6.10 Å². The third-order valence-electron chi connectivity index (χ3n) is 7.49. The van der Waals surface area contributed by atoms with Crippen molar-refractivity contribution in [2.45, 2.75) is 131 Å². The first kappa shape index (κ1) is 36.6. The Morgan fingerprint density at radius 1 is 0.643 bits per heavy atom. The molecule has 0 saturated carbocycles. The minimum absolute atomic E-state index is 0.474. The normalized spacial score (nSPS) is 45.5. The van der Waals surface area contributed by atoms with Crippen molar-refractivity contribution in [1.29, 1.82) is 0 Å². The van der Waals surface area contributed by atoms with Crippen LogP contribution >= 0.6 is 0 Å². The van der Waals surface area contributed by atoms with E-state index in [-0.39, 0.29) is 0 Å². The summed E-state index contributed by atoms with van der Waals surface area (Å²) in [6, 6.07) is 0. The van der Waals surface area contributed by atoms with Crippen LogP contribution in [0, 0.1) is 0 Å². The third kappa shape index (κ3) is 7.89. The van der Waals surface area contributed by atoms with Crippen molar-refractivity contribution >= 4 is 0 Å². The number of alkyl halides is 1. The van der Waals surface area contributed by atoms with Gasteiger partial charge in [-0.3, -0.25) is 0 Å². The van der Waals surface area contributed by atoms with Gasteiger partial charge in [-0.15, -0.1) is 0 Å². The van der Waals surface area contributed by atoms with Crippen molar-refractivity contribution in [3.8, 4) is 0 Å². The Morgan fingerprint density at radius 2 is 1.12 bits per heavy atom. The quantitative estimate of drug-likeness (QED) is 0.0669. The molecule has 15 atom stereocenters. The van der Waals surface area contributed by atoms with Crippen LogP contribution in [0.1, 0.15) is 27.7 Å². The van der Waals surface area contributed by atoms with Crippen molar-refractivity contribution < 1.29 is 99.1 Å². The first-order valence-corrected chi connectivity index (χ1v) is 16.8. The van der Waals surface area contributed by atoms with E-state index in [1.807, 2.05) is 4.93 Å². The Labute approximate surface area is 254 Å². The number of ether oxygens (including phenoxy) is 6. The molecule has 0 bridgehead atoms. The molecule has 42 heavy (non-hydrogen) atoms. The first-order chi connectivity index (χ1) is 19.7. The van der Waals surface area contributed by atoms with E-state index in [1.54, 1.807) is 27.7 Å². The fraction of sp³-hybridized carbons (Fsp3) is 1.00. The van der Waals surface area contributed by atoms with Gasteiger partial charge in [-0.1, -0.05) is 0 Å². The van der Waals surface area contributed by atoms with E-state index in [0.717, 1.165) is 0 Å². The van der Waals surface area contributed by atoms with E-state index in [1.165, 1.54) is 0 Å². The molecule has 0 aromatic carbocycles. The van der Waals surface area contributed by atoms with Gasteiger partial charge in [-0.25, -0.2) is 0 Å². The summed E-state index contributed by atoms with van der Waals surface area (Å²) in [7, 11) is 0. The molecule has 0 radical (unpaired) electrons. The topological polar surface area (TPSA) is 247 Å². The molecule has 9 N–H and O–H groups in total. The zero-order chi connectivity index (χ0) is 31.5. The second-order valence-corrected chi connectivity index (χ2v) is 12.7. The molecule has 0 amide bonds. The first-order valence-electron chi connectivity index (χ1n) is 13.7. The molecule has 3 rings (SSSR count). The van der Waals surface area contributed by atoms with Gasteiger partial charge in [-0.2, -0.15) is 0 Å². The van der Waals surface area contributed by atoms with Crippen LogP contribution in [0.4, 0.5) is 0 Å². The summed E-state index contributed by atoms with van der Waals surface area (Å²) in [5.74, 6) is 0. The van der Waals surface area contributed by atoms with Gasteiger partial charge in [0.05, 0.1) is 12.7 Å². The molecule has 3 aliphatic heterocycles. The SMILES string of the molecule is C[I-]OC(C)(C)[C@H]1OC(CO)[C@@H](O)C(O)C1O[C@@H]1OC(CO)[C@@H](O)C(O[C@H]2OC(CO)[C@@H](O)C(O)C2OC(C)C)C1O. The molecule has 17 heteroatoms. The molecule has 0 spiro atoms. The average molecular weight is 730 g/mol. The summed E-state index contributed by atoms with van der Waals surface area (Å²) in [5, 5.41) is 94.1. The van der Waals surface area contributed by atoms with Gasteiger partial charge in [0.2, 0.25) is 0 Å². The van der Waals surface area contributed by atoms with Crippen LogP contribution in [0.25, 0.3) is 0 Å². The molecule has 3 heterocycles. The number of hydrogen-bond acceptors (Lipinski definition) is 16. The number of aliphatic hydroxyl groups excluding tert-OH is 9. The zero-order valence-electron chi connectivity index (χ0n) is 24.1. The molecule has 3 fully saturated rings. The van der Waals surface area contributed by atoms with Crippen molar-refractivity contribution in [2.24, 2.45) is 0 Å². The van der Waals surface area contributed by atoms with E-state index >= 15 is 0 Å². The zero-order valence-corrected chi connectivity index (χ0v) is 26.3. The van der Waals surface area contributed by atoms with Gasteiger partial charge < -0.3 is 15.3 Å². The Balaban J connectivity index is 1.90. The molecule has 9 unspecified atom stereocenters. The molecule has 250 valence electrons. The van der Waals surface area contributed by atoms with Crippen LogP contribution in [0.3, 0.4) is 0 Å². The van der Waals surface area contributed by atoms with Crippen LogP contribution < -0.4 is 21.6 Å². The minimum atomic E-state index is -1.81. The molecule has 0 aromatic rings. The molecule has 0 aliphatic carbocycles. The summed E-state index contributed by atoms with van der Waals surface area (Å²) in [4.78, 5) is 1.85. The Bertz CT molecular complexity index is 823. The van der Waals surface area contributed by atoms with E-state index in [9.17, 15) is 46.0 Å². The van der Waals surface area contributed by atoms with Gasteiger partial charge in [0.15, 0.2) is 0 Å². The second kappa shape index (κ2) is 15.6. The number of hydrogen-bond donors (Lipinski definition) is 9. The Hall–Kier alpha value is 0.0900. The maximum atomic E-state index is 11.3. The fourth-order valence-corrected chi connectivity index (χ4v) is 6.69. The van der Waals surface area contributed by atoms with E-state index in [2.05, 4.69) is 0 Å². The predicted octanol–water partition coefficient (Wildman–Crippen LogP) is -7.66. The summed E-state index contributed by atoms with van der Waals surface area (Å²) < 4.78 is 40.6. The van der Waals surface area contributed by atoms with Crippen LogP contribution in [0.2, 0.25) is 0 Å². The molecule has 16 nitrogen and oxygen atoms in total. The van der Waals surface area contributed by atoms with Gasteiger partial charge >= 0.3 is 207 Å². The molecular weight excluding hydrogens is 683 g/mol. The van der Waals surface area contributed by atoms with Crippen LogP contribution in [-0.2, 0) is 31.5 Å². The summed E-state index contributed by atoms with van der Waals surface area (Å²) >= 11 is -0.752. The van der Waals surface area contributed by atoms with E-state index in [0.29, 0.717) is 0 Å². The number of halogens is 1. The third-order valence-corrected chi connectivity index (χ3v) is 9.06. The van der Waals surface area contributed by atoms with Crippen LogP contribution in [-0.4, -0.2) is 174 Å². The van der Waals surface area contributed by atoms with Crippen LogP contribution in [0.15, 0.2) is 0 Å². The summed E-state index contributed by atoms with van der Waals surface area (Å²) in [6.07, 6.45) is -22.7. The van der Waals surface area contributed by atoms with Crippen LogP contribution in [0.5, 0.6) is 0 Å². The molecular formula is C25H46IO16-. The molecule has 0 aromatic heterocycles. The second-order valence-electron chi connectivity index (χ2n) is 11.4. The summed E-state index contributed by atoms with van der Waals surface area (Å²) in [6.45, 7) is 4.63. The monoisotopic (exact) mass is 729 g/mol. The van der Waals surface area contributed by atoms with Crippen molar-refractivity contribution in [3.05, 3.63) is 0 Å². The number of rotatable bonds is 12. The molecule has 3 aliphatic rings. The average Bonchev–Trinajstić information content (AvgIpc) is 2.93. The van der Waals surface area contributed by atoms with Crippen molar-refractivity contribution in [1.82, 2.24) is 0 Å². The molecule has 3 saturated heterocycles. The fourth-order valence-electron chi connectivity index (χ4n) is 5.31. The predicted molar refractivity (Wildman–Crippen MR) is 134 cm³/mol. The van der Waals surface area contributed by atoms with Crippen molar-refractivity contribution in [2.75, 3.05) is 24.8 Å². The standard InChI is InChI=1S/C25H46IO16/c1-9(2)36-21-17(34)14(31)11(7-28)39-24(21)40-19-15(32)12(8-29)38-23(18(19)35)41-20-16(33)13(30)10(6-27)37-22(20)25(3,4)42-26-5/h9-24,27-35H,6-8H2,1-5H3/q-1/t10?,11?,12?,13-,14-,15-,16?,17?,18?,19?,20?,21?,22+,23+,24-/m1/s1. The Kier molecular flexibility index (Phi) is 13.6. The van der Waals surface area contributed by atoms with Gasteiger partial charge in [0.25, 0.3) is 0 Å². The maximum absolute atomic E-state index is 11.3. The number of aliphatic hydroxyl groups is 9. The van der Waals surface area contributed by atoms with Crippen molar-refractivity contribution in [3.63, 3.8) is 0 Å².